The Morgan fingerprint density at radius 2 is 2.03 bits per heavy atom. The van der Waals surface area contributed by atoms with E-state index in [9.17, 15) is 9.59 Å². The van der Waals surface area contributed by atoms with Gasteiger partial charge in [0.2, 0.25) is 0 Å². The molecule has 1 amide bonds. The second-order valence-electron chi connectivity index (χ2n) is 8.89. The molecular weight excluding hydrogens is 418 g/mol. The van der Waals surface area contributed by atoms with Gasteiger partial charge in [-0.3, -0.25) is 14.5 Å². The van der Waals surface area contributed by atoms with Crippen molar-refractivity contribution in [1.29, 1.82) is 5.41 Å². The molecule has 176 valence electrons. The monoisotopic (exact) mass is 451 g/mol. The molecule has 2 fully saturated rings. The van der Waals surface area contributed by atoms with Crippen LogP contribution in [0.15, 0.2) is 29.1 Å². The van der Waals surface area contributed by atoms with Crippen LogP contribution in [0, 0.1) is 12.3 Å². The van der Waals surface area contributed by atoms with E-state index in [2.05, 4.69) is 20.5 Å². The number of carbonyl (C=O) groups is 1. The summed E-state index contributed by atoms with van der Waals surface area (Å²) < 4.78 is 5.43. The van der Waals surface area contributed by atoms with Gasteiger partial charge < -0.3 is 25.8 Å². The number of rotatable bonds is 8. The predicted molar refractivity (Wildman–Crippen MR) is 129 cm³/mol. The van der Waals surface area contributed by atoms with Crippen LogP contribution in [0.3, 0.4) is 0 Å². The Labute approximate surface area is 194 Å². The normalized spacial score (nSPS) is 17.1. The van der Waals surface area contributed by atoms with Crippen molar-refractivity contribution in [3.63, 3.8) is 0 Å². The zero-order valence-electron chi connectivity index (χ0n) is 19.2. The average molecular weight is 452 g/mol. The number of hydrogen-bond acceptors (Lipinski definition) is 6. The van der Waals surface area contributed by atoms with Crippen molar-refractivity contribution in [3.8, 4) is 0 Å². The zero-order valence-corrected chi connectivity index (χ0v) is 19.2. The molecule has 1 aliphatic carbocycles. The van der Waals surface area contributed by atoms with Gasteiger partial charge in [0.25, 0.3) is 11.5 Å². The van der Waals surface area contributed by atoms with Crippen molar-refractivity contribution in [2.75, 3.05) is 31.6 Å². The lowest BCUT2D eigenvalue weighted by Gasteiger charge is -2.27. The number of carbonyl (C=O) groups excluding carboxylic acids is 1. The number of benzene rings is 1. The first-order valence-corrected chi connectivity index (χ1v) is 11.7. The van der Waals surface area contributed by atoms with Gasteiger partial charge in [0.05, 0.1) is 18.8 Å². The number of aromatic nitrogens is 1. The Morgan fingerprint density at radius 1 is 1.27 bits per heavy atom. The average Bonchev–Trinajstić information content (AvgIpc) is 3.32. The molecule has 1 saturated carbocycles. The van der Waals surface area contributed by atoms with Crippen LogP contribution < -0.4 is 16.2 Å². The van der Waals surface area contributed by atoms with E-state index in [4.69, 9.17) is 10.1 Å². The van der Waals surface area contributed by atoms with Gasteiger partial charge in [-0.15, -0.1) is 0 Å². The summed E-state index contributed by atoms with van der Waals surface area (Å²) in [7, 11) is 0. The summed E-state index contributed by atoms with van der Waals surface area (Å²) >= 11 is 0. The van der Waals surface area contributed by atoms with Gasteiger partial charge >= 0.3 is 0 Å². The van der Waals surface area contributed by atoms with Gasteiger partial charge in [0, 0.05) is 60.9 Å². The van der Waals surface area contributed by atoms with Crippen molar-refractivity contribution in [3.05, 3.63) is 62.6 Å². The van der Waals surface area contributed by atoms with E-state index >= 15 is 0 Å². The Kier molecular flexibility index (Phi) is 7.57. The van der Waals surface area contributed by atoms with Crippen LogP contribution in [-0.4, -0.2) is 54.4 Å². The first-order valence-electron chi connectivity index (χ1n) is 11.7. The van der Waals surface area contributed by atoms with E-state index in [1.54, 1.807) is 6.07 Å². The summed E-state index contributed by atoms with van der Waals surface area (Å²) in [6, 6.07) is 7.84. The highest BCUT2D eigenvalue weighted by molar-refractivity contribution is 6.04. The van der Waals surface area contributed by atoms with Crippen molar-refractivity contribution < 1.29 is 9.53 Å². The molecule has 0 radical (unpaired) electrons. The molecule has 33 heavy (non-hydrogen) atoms. The van der Waals surface area contributed by atoms with Gasteiger partial charge in [0.1, 0.15) is 0 Å². The van der Waals surface area contributed by atoms with Crippen LogP contribution in [-0.2, 0) is 17.8 Å². The SMILES string of the molecule is Cc1cc(CN2CCOCC2)c(CNC(=O)c2cccc(NC3CCCC3)c2C=N)c(=O)[nH]1. The molecule has 8 heteroatoms. The van der Waals surface area contributed by atoms with E-state index < -0.39 is 0 Å². The smallest absolute Gasteiger partial charge is 0.253 e. The lowest BCUT2D eigenvalue weighted by molar-refractivity contribution is 0.0340. The Bertz CT molecular complexity index is 1050. The third-order valence-electron chi connectivity index (χ3n) is 6.50. The van der Waals surface area contributed by atoms with Crippen LogP contribution in [0.1, 0.15) is 58.4 Å². The number of H-pyrrole nitrogens is 1. The van der Waals surface area contributed by atoms with Crippen LogP contribution in [0.5, 0.6) is 0 Å². The first kappa shape index (κ1) is 23.2. The standard InChI is InChI=1S/C25H33N5O3/c1-17-13-18(16-30-9-11-33-12-10-30)22(25(32)28-17)15-27-24(31)20-7-4-8-23(21(20)14-26)29-19-5-2-3-6-19/h4,7-8,13-14,19,26,29H,2-3,5-6,9-12,15-16H2,1H3,(H,27,31)(H,28,32). The summed E-state index contributed by atoms with van der Waals surface area (Å²) in [4.78, 5) is 30.9. The van der Waals surface area contributed by atoms with Crippen LogP contribution in [0.2, 0.25) is 0 Å². The number of hydrogen-bond donors (Lipinski definition) is 4. The molecule has 2 aliphatic rings. The third kappa shape index (κ3) is 5.69. The number of nitrogens with one attached hydrogen (secondary N) is 4. The molecule has 8 nitrogen and oxygen atoms in total. The molecule has 1 saturated heterocycles. The number of morpholine rings is 1. The highest BCUT2D eigenvalue weighted by Gasteiger charge is 2.20. The van der Waals surface area contributed by atoms with E-state index in [0.717, 1.165) is 42.9 Å². The number of pyridine rings is 1. The Hall–Kier alpha value is -2.97. The lowest BCUT2D eigenvalue weighted by atomic mass is 10.0. The van der Waals surface area contributed by atoms with Gasteiger partial charge in [0.15, 0.2) is 0 Å². The fourth-order valence-electron chi connectivity index (χ4n) is 4.72. The summed E-state index contributed by atoms with van der Waals surface area (Å²) in [5.41, 5.74) is 3.93. The second kappa shape index (κ2) is 10.8. The highest BCUT2D eigenvalue weighted by Crippen LogP contribution is 2.25. The molecule has 0 spiro atoms. The second-order valence-corrected chi connectivity index (χ2v) is 8.89. The summed E-state index contributed by atoms with van der Waals surface area (Å²) in [6.07, 6.45) is 5.85. The molecule has 2 aromatic rings. The van der Waals surface area contributed by atoms with E-state index in [1.807, 2.05) is 25.1 Å². The number of nitrogens with zero attached hydrogens (tertiary/aromatic N) is 1. The molecule has 4 rings (SSSR count). The molecule has 0 bridgehead atoms. The highest BCUT2D eigenvalue weighted by atomic mass is 16.5. The lowest BCUT2D eigenvalue weighted by Crippen LogP contribution is -2.37. The van der Waals surface area contributed by atoms with E-state index in [0.29, 0.717) is 42.5 Å². The molecule has 1 aromatic carbocycles. The molecule has 0 unspecified atom stereocenters. The molecule has 0 atom stereocenters. The largest absolute Gasteiger partial charge is 0.382 e. The number of amides is 1. The third-order valence-corrected chi connectivity index (χ3v) is 6.50. The fraction of sp³-hybridized carbons (Fsp3) is 0.480. The van der Waals surface area contributed by atoms with Crippen molar-refractivity contribution >= 4 is 17.8 Å². The predicted octanol–water partition coefficient (Wildman–Crippen LogP) is 2.80. The Balaban J connectivity index is 1.50. The van der Waals surface area contributed by atoms with E-state index in [-0.39, 0.29) is 18.0 Å². The minimum atomic E-state index is -0.291. The minimum absolute atomic E-state index is 0.131. The number of ether oxygens (including phenoxy) is 1. The topological polar surface area (TPSA) is 110 Å². The van der Waals surface area contributed by atoms with Crippen molar-refractivity contribution in [2.45, 2.75) is 51.7 Å². The Morgan fingerprint density at radius 3 is 2.76 bits per heavy atom. The maximum Gasteiger partial charge on any atom is 0.253 e. The number of aryl methyl sites for hydroxylation is 1. The van der Waals surface area contributed by atoms with E-state index in [1.165, 1.54) is 19.1 Å². The molecule has 4 N–H and O–H groups in total. The molecule has 2 heterocycles. The van der Waals surface area contributed by atoms with Crippen molar-refractivity contribution in [2.24, 2.45) is 0 Å². The van der Waals surface area contributed by atoms with Crippen LogP contribution in [0.4, 0.5) is 5.69 Å². The molecular formula is C25H33N5O3. The van der Waals surface area contributed by atoms with Gasteiger partial charge in [-0.2, -0.15) is 0 Å². The van der Waals surface area contributed by atoms with Crippen molar-refractivity contribution in [1.82, 2.24) is 15.2 Å². The van der Waals surface area contributed by atoms with Gasteiger partial charge in [-0.1, -0.05) is 18.9 Å². The number of anilines is 1. The maximum absolute atomic E-state index is 13.1. The molecule has 1 aliphatic heterocycles. The summed E-state index contributed by atoms with van der Waals surface area (Å²) in [5, 5.41) is 14.3. The van der Waals surface area contributed by atoms with Gasteiger partial charge in [-0.05, 0) is 43.5 Å². The van der Waals surface area contributed by atoms with Gasteiger partial charge in [-0.25, -0.2) is 0 Å². The number of aromatic amines is 1. The van der Waals surface area contributed by atoms with Crippen LogP contribution >= 0.6 is 0 Å². The van der Waals surface area contributed by atoms with Crippen LogP contribution in [0.25, 0.3) is 0 Å². The quantitative estimate of drug-likeness (QED) is 0.462. The summed E-state index contributed by atoms with van der Waals surface area (Å²) in [6.45, 7) is 5.66. The molecule has 1 aromatic heterocycles. The summed E-state index contributed by atoms with van der Waals surface area (Å²) in [5.74, 6) is -0.291. The fourth-order valence-corrected chi connectivity index (χ4v) is 4.72. The minimum Gasteiger partial charge on any atom is -0.382 e. The first-order chi connectivity index (χ1) is 16.0. The zero-order chi connectivity index (χ0) is 23.2. The maximum atomic E-state index is 13.1.